The van der Waals surface area contributed by atoms with Crippen molar-refractivity contribution in [1.29, 1.82) is 0 Å². The first-order valence-electron chi connectivity index (χ1n) is 6.90. The molecule has 0 saturated heterocycles. The van der Waals surface area contributed by atoms with Gasteiger partial charge in [-0.1, -0.05) is 52.8 Å². The van der Waals surface area contributed by atoms with Crippen LogP contribution in [0.4, 0.5) is 0 Å². The van der Waals surface area contributed by atoms with Crippen LogP contribution in [-0.2, 0) is 6.42 Å². The lowest BCUT2D eigenvalue weighted by Crippen LogP contribution is -1.80. The number of hydrogen-bond acceptors (Lipinski definition) is 1. The molecule has 0 fully saturated rings. The molecule has 1 aromatic carbocycles. The second kappa shape index (κ2) is 8.57. The van der Waals surface area contributed by atoms with Gasteiger partial charge in [0.05, 0.1) is 0 Å². The van der Waals surface area contributed by atoms with Crippen molar-refractivity contribution in [3.63, 3.8) is 0 Å². The van der Waals surface area contributed by atoms with Gasteiger partial charge in [-0.15, -0.1) is 0 Å². The summed E-state index contributed by atoms with van der Waals surface area (Å²) in [5.41, 5.74) is 3.49. The van der Waals surface area contributed by atoms with Gasteiger partial charge in [-0.2, -0.15) is 0 Å². The van der Waals surface area contributed by atoms with E-state index in [0.29, 0.717) is 0 Å². The first-order valence-corrected chi connectivity index (χ1v) is 6.90. The second-order valence-electron chi connectivity index (χ2n) is 3.50. The molecule has 1 nitrogen and oxygen atoms in total. The van der Waals surface area contributed by atoms with E-state index in [1.807, 2.05) is 33.8 Å². The Balaban J connectivity index is 0.000000659. The van der Waals surface area contributed by atoms with Gasteiger partial charge in [0.15, 0.2) is 0 Å². The van der Waals surface area contributed by atoms with Crippen molar-refractivity contribution >= 4 is 17.0 Å². The molecule has 0 aliphatic carbocycles. The second-order valence-corrected chi connectivity index (χ2v) is 3.50. The number of furan rings is 1. The summed E-state index contributed by atoms with van der Waals surface area (Å²) >= 11 is 0. The molecule has 0 atom stereocenters. The van der Waals surface area contributed by atoms with E-state index in [1.54, 1.807) is 6.08 Å². The molecule has 0 amide bonds. The summed E-state index contributed by atoms with van der Waals surface area (Å²) in [6.45, 7) is 16.0. The molecule has 0 saturated carbocycles. The lowest BCUT2D eigenvalue weighted by atomic mass is 10.1. The maximum Gasteiger partial charge on any atom is 0.135 e. The minimum atomic E-state index is 0.910. The van der Waals surface area contributed by atoms with Gasteiger partial charge in [0, 0.05) is 10.9 Å². The van der Waals surface area contributed by atoms with E-state index in [2.05, 4.69) is 32.6 Å². The largest absolute Gasteiger partial charge is 0.456 e. The Hall–Kier alpha value is -1.50. The number of rotatable bonds is 2. The van der Waals surface area contributed by atoms with Crippen LogP contribution in [0.15, 0.2) is 29.2 Å². The molecular formula is C17H26O. The van der Waals surface area contributed by atoms with Gasteiger partial charge in [0.1, 0.15) is 11.3 Å². The number of hydrogen-bond donors (Lipinski definition) is 0. The van der Waals surface area contributed by atoms with Gasteiger partial charge >= 0.3 is 0 Å². The van der Waals surface area contributed by atoms with Gasteiger partial charge in [-0.05, 0) is 31.6 Å². The summed E-state index contributed by atoms with van der Waals surface area (Å²) < 4.78 is 5.68. The van der Waals surface area contributed by atoms with Crippen LogP contribution in [0.5, 0.6) is 0 Å². The standard InChI is InChI=1S/C13H14O.2C2H6/c1-4-10-11-8-9(3)6-7-13(11)14-12(10)5-2;2*1-2/h5-8H,2,4H2,1,3H3;2*1-2H3. The first-order chi connectivity index (χ1) is 8.76. The maximum absolute atomic E-state index is 5.68. The summed E-state index contributed by atoms with van der Waals surface area (Å²) in [6, 6.07) is 6.26. The Morgan fingerprint density at radius 2 is 1.78 bits per heavy atom. The van der Waals surface area contributed by atoms with Crippen molar-refractivity contribution in [1.82, 2.24) is 0 Å². The van der Waals surface area contributed by atoms with Gasteiger partial charge in [-0.3, -0.25) is 0 Å². The van der Waals surface area contributed by atoms with Crippen LogP contribution < -0.4 is 0 Å². The molecule has 0 aliphatic heterocycles. The Morgan fingerprint density at radius 1 is 1.17 bits per heavy atom. The molecular weight excluding hydrogens is 220 g/mol. The third kappa shape index (κ3) is 3.49. The molecule has 1 heterocycles. The van der Waals surface area contributed by atoms with E-state index in [1.165, 1.54) is 16.5 Å². The fourth-order valence-corrected chi connectivity index (χ4v) is 1.81. The fraction of sp³-hybridized carbons (Fsp3) is 0.412. The molecule has 0 spiro atoms. The molecule has 0 unspecified atom stereocenters. The van der Waals surface area contributed by atoms with E-state index in [9.17, 15) is 0 Å². The Kier molecular flexibility index (Phi) is 7.86. The number of aryl methyl sites for hydroxylation is 2. The van der Waals surface area contributed by atoms with Crippen LogP contribution in [0.25, 0.3) is 17.0 Å². The first kappa shape index (κ1) is 16.5. The third-order valence-corrected chi connectivity index (χ3v) is 2.52. The molecule has 2 aromatic rings. The molecule has 18 heavy (non-hydrogen) atoms. The Bertz CT molecular complexity index is 478. The molecule has 0 N–H and O–H groups in total. The Morgan fingerprint density at radius 3 is 2.28 bits per heavy atom. The number of benzene rings is 1. The van der Waals surface area contributed by atoms with Gasteiger partial charge in [0.2, 0.25) is 0 Å². The van der Waals surface area contributed by atoms with E-state index in [4.69, 9.17) is 4.42 Å². The van der Waals surface area contributed by atoms with Crippen molar-refractivity contribution in [3.8, 4) is 0 Å². The average Bonchev–Trinajstić information content (AvgIpc) is 2.80. The lowest BCUT2D eigenvalue weighted by molar-refractivity contribution is 0.599. The molecule has 0 radical (unpaired) electrons. The van der Waals surface area contributed by atoms with E-state index in [-0.39, 0.29) is 0 Å². The molecule has 0 bridgehead atoms. The lowest BCUT2D eigenvalue weighted by Gasteiger charge is -1.94. The predicted octanol–water partition coefficient (Wildman–Crippen LogP) is 6.00. The van der Waals surface area contributed by atoms with Crippen LogP contribution in [0.1, 0.15) is 51.5 Å². The average molecular weight is 246 g/mol. The predicted molar refractivity (Wildman–Crippen MR) is 83.1 cm³/mol. The van der Waals surface area contributed by atoms with Gasteiger partial charge in [0.25, 0.3) is 0 Å². The normalized spacial score (nSPS) is 9.00. The third-order valence-electron chi connectivity index (χ3n) is 2.52. The maximum atomic E-state index is 5.68. The zero-order chi connectivity index (χ0) is 14.1. The zero-order valence-electron chi connectivity index (χ0n) is 12.6. The highest BCUT2D eigenvalue weighted by molar-refractivity contribution is 5.85. The monoisotopic (exact) mass is 246 g/mol. The highest BCUT2D eigenvalue weighted by Crippen LogP contribution is 2.27. The van der Waals surface area contributed by atoms with E-state index >= 15 is 0 Å². The van der Waals surface area contributed by atoms with Crippen LogP contribution in [-0.4, -0.2) is 0 Å². The minimum Gasteiger partial charge on any atom is -0.456 e. The number of fused-ring (bicyclic) bond motifs is 1. The minimum absolute atomic E-state index is 0.910. The van der Waals surface area contributed by atoms with Crippen LogP contribution >= 0.6 is 0 Å². The van der Waals surface area contributed by atoms with Crippen LogP contribution in [0.3, 0.4) is 0 Å². The van der Waals surface area contributed by atoms with E-state index in [0.717, 1.165) is 17.8 Å². The molecule has 0 aliphatic rings. The summed E-state index contributed by atoms with van der Waals surface area (Å²) in [4.78, 5) is 0. The van der Waals surface area contributed by atoms with Crippen molar-refractivity contribution in [2.75, 3.05) is 0 Å². The van der Waals surface area contributed by atoms with Crippen molar-refractivity contribution < 1.29 is 4.42 Å². The van der Waals surface area contributed by atoms with Crippen molar-refractivity contribution in [3.05, 3.63) is 41.7 Å². The van der Waals surface area contributed by atoms with Gasteiger partial charge < -0.3 is 4.42 Å². The highest BCUT2D eigenvalue weighted by atomic mass is 16.3. The van der Waals surface area contributed by atoms with Crippen molar-refractivity contribution in [2.24, 2.45) is 0 Å². The van der Waals surface area contributed by atoms with Gasteiger partial charge in [-0.25, -0.2) is 0 Å². The quantitative estimate of drug-likeness (QED) is 0.633. The molecule has 1 aromatic heterocycles. The van der Waals surface area contributed by atoms with Crippen LogP contribution in [0, 0.1) is 6.92 Å². The summed E-state index contributed by atoms with van der Waals surface area (Å²) in [7, 11) is 0. The molecule has 1 heteroatoms. The summed E-state index contributed by atoms with van der Waals surface area (Å²) in [5.74, 6) is 0.910. The van der Waals surface area contributed by atoms with Crippen LogP contribution in [0.2, 0.25) is 0 Å². The Labute approximate surface area is 112 Å². The highest BCUT2D eigenvalue weighted by Gasteiger charge is 2.09. The molecule has 2 rings (SSSR count). The molecule has 100 valence electrons. The smallest absolute Gasteiger partial charge is 0.135 e. The fourth-order valence-electron chi connectivity index (χ4n) is 1.81. The van der Waals surface area contributed by atoms with Crippen molar-refractivity contribution in [2.45, 2.75) is 48.0 Å². The summed E-state index contributed by atoms with van der Waals surface area (Å²) in [6.07, 6.45) is 2.77. The zero-order valence-corrected chi connectivity index (χ0v) is 12.6. The SMILES string of the molecule is C=Cc1oc2ccc(C)cc2c1CC.CC.CC. The van der Waals surface area contributed by atoms with E-state index < -0.39 is 0 Å². The topological polar surface area (TPSA) is 13.1 Å². The summed E-state index contributed by atoms with van der Waals surface area (Å²) in [5, 5.41) is 1.22.